The van der Waals surface area contributed by atoms with Crippen LogP contribution in [0.25, 0.3) is 0 Å². The molecule has 84 valence electrons. The molecule has 0 aromatic heterocycles. The van der Waals surface area contributed by atoms with Gasteiger partial charge in [0, 0.05) is 4.75 Å². The van der Waals surface area contributed by atoms with Crippen LogP contribution in [-0.2, 0) is 0 Å². The molecule has 14 heavy (non-hydrogen) atoms. The van der Waals surface area contributed by atoms with Gasteiger partial charge in [0.25, 0.3) is 0 Å². The van der Waals surface area contributed by atoms with Gasteiger partial charge in [0.15, 0.2) is 0 Å². The molecule has 0 aliphatic heterocycles. The van der Waals surface area contributed by atoms with Crippen molar-refractivity contribution >= 4 is 11.8 Å². The molecule has 1 rings (SSSR count). The quantitative estimate of drug-likeness (QED) is 0.519. The van der Waals surface area contributed by atoms with Crippen LogP contribution in [0.4, 0.5) is 0 Å². The van der Waals surface area contributed by atoms with Gasteiger partial charge in [-0.3, -0.25) is 0 Å². The minimum absolute atomic E-state index is 0.739. The summed E-state index contributed by atoms with van der Waals surface area (Å²) in [5.74, 6) is 2.35. The van der Waals surface area contributed by atoms with Crippen molar-refractivity contribution in [1.82, 2.24) is 0 Å². The lowest BCUT2D eigenvalue weighted by Gasteiger charge is -2.18. The molecule has 1 atom stereocenters. The monoisotopic (exact) mass is 214 g/mol. The standard InChI is InChI=1S/C13H26S/c1-4-6-7-10-14-13(8-9-13)11-12(3)5-2/h12H,4-11H2,1-3H3. The Morgan fingerprint density at radius 3 is 2.43 bits per heavy atom. The lowest BCUT2D eigenvalue weighted by atomic mass is 10.0. The van der Waals surface area contributed by atoms with Crippen molar-refractivity contribution in [2.75, 3.05) is 5.75 Å². The fourth-order valence-corrected chi connectivity index (χ4v) is 3.54. The fourth-order valence-electron chi connectivity index (χ4n) is 1.97. The summed E-state index contributed by atoms with van der Waals surface area (Å²) in [5, 5.41) is 0. The Bertz CT molecular complexity index is 149. The van der Waals surface area contributed by atoms with Crippen LogP contribution in [0.1, 0.15) is 65.7 Å². The Balaban J connectivity index is 2.09. The maximum absolute atomic E-state index is 2.41. The van der Waals surface area contributed by atoms with Gasteiger partial charge in [-0.05, 0) is 37.4 Å². The topological polar surface area (TPSA) is 0 Å². The van der Waals surface area contributed by atoms with Gasteiger partial charge >= 0.3 is 0 Å². The normalized spacial score (nSPS) is 20.8. The molecule has 1 aliphatic carbocycles. The maximum atomic E-state index is 2.41. The Morgan fingerprint density at radius 2 is 1.93 bits per heavy atom. The number of unbranched alkanes of at least 4 members (excludes halogenated alkanes) is 2. The zero-order valence-electron chi connectivity index (χ0n) is 10.1. The molecule has 1 fully saturated rings. The molecular weight excluding hydrogens is 188 g/mol. The minimum atomic E-state index is 0.739. The molecule has 0 aromatic carbocycles. The highest BCUT2D eigenvalue weighted by Crippen LogP contribution is 2.53. The van der Waals surface area contributed by atoms with Crippen molar-refractivity contribution in [2.24, 2.45) is 5.92 Å². The van der Waals surface area contributed by atoms with E-state index in [0.717, 1.165) is 10.7 Å². The SMILES string of the molecule is CCCCCSC1(CC(C)CC)CC1. The second kappa shape index (κ2) is 6.05. The third-order valence-electron chi connectivity index (χ3n) is 3.38. The van der Waals surface area contributed by atoms with Crippen molar-refractivity contribution in [2.45, 2.75) is 70.5 Å². The maximum Gasteiger partial charge on any atom is 0.0163 e. The van der Waals surface area contributed by atoms with Gasteiger partial charge < -0.3 is 0 Å². The van der Waals surface area contributed by atoms with E-state index in [-0.39, 0.29) is 0 Å². The molecule has 0 heterocycles. The summed E-state index contributed by atoms with van der Waals surface area (Å²) < 4.78 is 0.739. The number of hydrogen-bond acceptors (Lipinski definition) is 1. The van der Waals surface area contributed by atoms with Crippen LogP contribution in [0.2, 0.25) is 0 Å². The predicted octanol–water partition coefficient (Wildman–Crippen LogP) is 4.88. The van der Waals surface area contributed by atoms with Crippen LogP contribution in [0.15, 0.2) is 0 Å². The second-order valence-corrected chi connectivity index (χ2v) is 6.52. The minimum Gasteiger partial charge on any atom is -0.155 e. The van der Waals surface area contributed by atoms with Crippen LogP contribution in [0.5, 0.6) is 0 Å². The van der Waals surface area contributed by atoms with Gasteiger partial charge in [0.1, 0.15) is 0 Å². The van der Waals surface area contributed by atoms with E-state index in [2.05, 4.69) is 32.5 Å². The Morgan fingerprint density at radius 1 is 1.21 bits per heavy atom. The zero-order chi connectivity index (χ0) is 10.4. The highest BCUT2D eigenvalue weighted by Gasteiger charge is 2.43. The Hall–Kier alpha value is 0.350. The molecule has 0 bridgehead atoms. The molecule has 0 N–H and O–H groups in total. The van der Waals surface area contributed by atoms with Crippen molar-refractivity contribution < 1.29 is 0 Å². The van der Waals surface area contributed by atoms with Gasteiger partial charge in [-0.25, -0.2) is 0 Å². The van der Waals surface area contributed by atoms with Gasteiger partial charge in [-0.15, -0.1) is 0 Å². The van der Waals surface area contributed by atoms with Crippen molar-refractivity contribution in [3.8, 4) is 0 Å². The molecular formula is C13H26S. The first-order chi connectivity index (χ1) is 6.72. The Labute approximate surface area is 94.2 Å². The summed E-state index contributed by atoms with van der Waals surface area (Å²) in [5.41, 5.74) is 0. The third kappa shape index (κ3) is 4.25. The van der Waals surface area contributed by atoms with Crippen LogP contribution in [0.3, 0.4) is 0 Å². The summed E-state index contributed by atoms with van der Waals surface area (Å²) >= 11 is 2.27. The zero-order valence-corrected chi connectivity index (χ0v) is 11.0. The number of rotatable bonds is 8. The summed E-state index contributed by atoms with van der Waals surface area (Å²) in [7, 11) is 0. The molecule has 0 radical (unpaired) electrons. The van der Waals surface area contributed by atoms with E-state index >= 15 is 0 Å². The van der Waals surface area contributed by atoms with E-state index in [4.69, 9.17) is 0 Å². The Kier molecular flexibility index (Phi) is 5.36. The molecule has 0 amide bonds. The van der Waals surface area contributed by atoms with Gasteiger partial charge in [0.2, 0.25) is 0 Å². The van der Waals surface area contributed by atoms with Crippen LogP contribution < -0.4 is 0 Å². The highest BCUT2D eigenvalue weighted by molar-refractivity contribution is 8.00. The number of hydrogen-bond donors (Lipinski definition) is 0. The van der Waals surface area contributed by atoms with E-state index < -0.39 is 0 Å². The lowest BCUT2D eigenvalue weighted by molar-refractivity contribution is 0.499. The first-order valence-corrected chi connectivity index (χ1v) is 7.35. The van der Waals surface area contributed by atoms with Crippen LogP contribution >= 0.6 is 11.8 Å². The first kappa shape index (κ1) is 12.4. The van der Waals surface area contributed by atoms with E-state index in [1.807, 2.05) is 0 Å². The van der Waals surface area contributed by atoms with Crippen molar-refractivity contribution in [3.63, 3.8) is 0 Å². The van der Waals surface area contributed by atoms with Crippen LogP contribution in [0, 0.1) is 5.92 Å². The molecule has 1 heteroatoms. The van der Waals surface area contributed by atoms with Gasteiger partial charge in [-0.1, -0.05) is 40.0 Å². The first-order valence-electron chi connectivity index (χ1n) is 6.36. The second-order valence-electron chi connectivity index (χ2n) is 4.96. The summed E-state index contributed by atoms with van der Waals surface area (Å²) in [6, 6.07) is 0. The fraction of sp³-hybridized carbons (Fsp3) is 1.00. The van der Waals surface area contributed by atoms with Crippen molar-refractivity contribution in [1.29, 1.82) is 0 Å². The molecule has 1 unspecified atom stereocenters. The van der Waals surface area contributed by atoms with Gasteiger partial charge in [0.05, 0.1) is 0 Å². The third-order valence-corrected chi connectivity index (χ3v) is 5.06. The molecule has 1 saturated carbocycles. The van der Waals surface area contributed by atoms with E-state index in [1.165, 1.54) is 50.7 Å². The summed E-state index contributed by atoms with van der Waals surface area (Å²) in [6.45, 7) is 7.02. The number of thioether (sulfide) groups is 1. The predicted molar refractivity (Wildman–Crippen MR) is 68.0 cm³/mol. The molecule has 0 spiro atoms. The molecule has 0 aromatic rings. The van der Waals surface area contributed by atoms with Crippen LogP contribution in [-0.4, -0.2) is 10.5 Å². The largest absolute Gasteiger partial charge is 0.155 e. The summed E-state index contributed by atoms with van der Waals surface area (Å²) in [4.78, 5) is 0. The average molecular weight is 214 g/mol. The van der Waals surface area contributed by atoms with Gasteiger partial charge in [-0.2, -0.15) is 11.8 Å². The average Bonchev–Trinajstić information content (AvgIpc) is 2.93. The lowest BCUT2D eigenvalue weighted by Crippen LogP contribution is -2.09. The van der Waals surface area contributed by atoms with E-state index in [1.54, 1.807) is 0 Å². The smallest absolute Gasteiger partial charge is 0.0163 e. The van der Waals surface area contributed by atoms with E-state index in [0.29, 0.717) is 0 Å². The summed E-state index contributed by atoms with van der Waals surface area (Å²) in [6.07, 6.45) is 10.0. The highest BCUT2D eigenvalue weighted by atomic mass is 32.2. The molecule has 0 saturated heterocycles. The molecule has 0 nitrogen and oxygen atoms in total. The van der Waals surface area contributed by atoms with E-state index in [9.17, 15) is 0 Å². The van der Waals surface area contributed by atoms with Crippen molar-refractivity contribution in [3.05, 3.63) is 0 Å². The molecule has 1 aliphatic rings.